The number of carbonyl (C=O) groups is 1. The molecule has 0 aliphatic heterocycles. The van der Waals surface area contributed by atoms with Gasteiger partial charge >= 0.3 is 5.97 Å². The van der Waals surface area contributed by atoms with Crippen LogP contribution >= 0.6 is 11.3 Å². The number of thiazole rings is 1. The van der Waals surface area contributed by atoms with Crippen LogP contribution in [0.2, 0.25) is 0 Å². The smallest absolute Gasteiger partial charge is 0.340 e. The normalized spacial score (nSPS) is 10.6. The molecule has 0 fully saturated rings. The molecule has 2 rings (SSSR count). The molecule has 0 amide bonds. The fourth-order valence-corrected chi connectivity index (χ4v) is 2.94. The summed E-state index contributed by atoms with van der Waals surface area (Å²) in [4.78, 5) is 28.5. The molecule has 2 heterocycles. The monoisotopic (exact) mass is 292 g/mol. The predicted octanol–water partition coefficient (Wildman–Crippen LogP) is 2.40. The molecule has 0 saturated carbocycles. The van der Waals surface area contributed by atoms with Gasteiger partial charge in [0, 0.05) is 17.1 Å². The second-order valence-electron chi connectivity index (χ2n) is 4.45. The van der Waals surface area contributed by atoms with Crippen molar-refractivity contribution in [1.82, 2.24) is 9.55 Å². The molecule has 0 aliphatic rings. The number of aryl methyl sites for hydroxylation is 2. The largest absolute Gasteiger partial charge is 0.462 e. The maximum Gasteiger partial charge on any atom is 0.340 e. The van der Waals surface area contributed by atoms with E-state index in [1.165, 1.54) is 22.0 Å². The Kier molecular flexibility index (Phi) is 4.04. The zero-order valence-electron chi connectivity index (χ0n) is 11.9. The Bertz CT molecular complexity index is 716. The molecule has 2 aromatic heterocycles. The average molecular weight is 292 g/mol. The van der Waals surface area contributed by atoms with E-state index in [-0.39, 0.29) is 5.56 Å². The molecule has 0 spiro atoms. The first-order valence-corrected chi connectivity index (χ1v) is 7.16. The number of hydrogen-bond donors (Lipinski definition) is 0. The number of rotatable bonds is 3. The summed E-state index contributed by atoms with van der Waals surface area (Å²) in [5.74, 6) is -0.412. The van der Waals surface area contributed by atoms with Gasteiger partial charge < -0.3 is 4.74 Å². The van der Waals surface area contributed by atoms with Gasteiger partial charge in [0.25, 0.3) is 5.56 Å². The van der Waals surface area contributed by atoms with E-state index in [1.807, 2.05) is 12.3 Å². The second-order valence-corrected chi connectivity index (χ2v) is 5.29. The molecular weight excluding hydrogens is 276 g/mol. The first-order valence-electron chi connectivity index (χ1n) is 6.28. The number of esters is 1. The third-order valence-electron chi connectivity index (χ3n) is 2.93. The fraction of sp³-hybridized carbons (Fsp3) is 0.357. The van der Waals surface area contributed by atoms with Gasteiger partial charge in [0.2, 0.25) is 0 Å². The van der Waals surface area contributed by atoms with E-state index < -0.39 is 5.97 Å². The summed E-state index contributed by atoms with van der Waals surface area (Å²) in [6.45, 7) is 7.38. The molecule has 106 valence electrons. The lowest BCUT2D eigenvalue weighted by atomic mass is 10.1. The minimum absolute atomic E-state index is 0.192. The molecule has 0 atom stereocenters. The highest BCUT2D eigenvalue weighted by Gasteiger charge is 2.19. The van der Waals surface area contributed by atoms with Crippen LogP contribution in [0.25, 0.3) is 5.13 Å². The van der Waals surface area contributed by atoms with E-state index >= 15 is 0 Å². The summed E-state index contributed by atoms with van der Waals surface area (Å²) in [5.41, 5.74) is 2.26. The first kappa shape index (κ1) is 14.5. The Hall–Kier alpha value is -1.95. The molecule has 0 saturated heterocycles. The number of pyridine rings is 1. The standard InChI is InChI=1S/C14H16N2O3S/c1-5-19-13(18)12-8(2)6-11(17)16(10(12)4)14-15-9(3)7-20-14/h6-7H,5H2,1-4H3. The Morgan fingerprint density at radius 1 is 1.40 bits per heavy atom. The van der Waals surface area contributed by atoms with Crippen molar-refractivity contribution in [2.45, 2.75) is 27.7 Å². The van der Waals surface area contributed by atoms with Gasteiger partial charge in [0.05, 0.1) is 17.9 Å². The average Bonchev–Trinajstić information content (AvgIpc) is 2.75. The predicted molar refractivity (Wildman–Crippen MR) is 77.9 cm³/mol. The van der Waals surface area contributed by atoms with Crippen LogP contribution in [0.5, 0.6) is 0 Å². The van der Waals surface area contributed by atoms with Gasteiger partial charge in [-0.3, -0.25) is 9.36 Å². The highest BCUT2D eigenvalue weighted by molar-refractivity contribution is 7.12. The van der Waals surface area contributed by atoms with E-state index in [0.717, 1.165) is 5.69 Å². The van der Waals surface area contributed by atoms with Gasteiger partial charge in [-0.25, -0.2) is 9.78 Å². The van der Waals surface area contributed by atoms with Crippen molar-refractivity contribution < 1.29 is 9.53 Å². The van der Waals surface area contributed by atoms with E-state index in [4.69, 9.17) is 4.74 Å². The van der Waals surface area contributed by atoms with Gasteiger partial charge in [0.1, 0.15) is 0 Å². The molecule has 0 N–H and O–H groups in total. The van der Waals surface area contributed by atoms with Crippen molar-refractivity contribution in [1.29, 1.82) is 0 Å². The molecule has 2 aromatic rings. The molecule has 5 nitrogen and oxygen atoms in total. The lowest BCUT2D eigenvalue weighted by Gasteiger charge is -2.13. The van der Waals surface area contributed by atoms with Crippen molar-refractivity contribution in [3.8, 4) is 5.13 Å². The zero-order valence-corrected chi connectivity index (χ0v) is 12.7. The molecule has 0 aliphatic carbocycles. The Morgan fingerprint density at radius 3 is 2.65 bits per heavy atom. The SMILES string of the molecule is CCOC(=O)c1c(C)cc(=O)n(-c2nc(C)cs2)c1C. The topological polar surface area (TPSA) is 61.2 Å². The van der Waals surface area contributed by atoms with E-state index in [1.54, 1.807) is 20.8 Å². The van der Waals surface area contributed by atoms with Crippen LogP contribution in [0.15, 0.2) is 16.2 Å². The van der Waals surface area contributed by atoms with Crippen molar-refractivity contribution in [2.75, 3.05) is 6.61 Å². The zero-order chi connectivity index (χ0) is 14.9. The van der Waals surface area contributed by atoms with Gasteiger partial charge in [-0.15, -0.1) is 11.3 Å². The summed E-state index contributed by atoms with van der Waals surface area (Å²) in [5, 5.41) is 2.43. The van der Waals surface area contributed by atoms with Crippen LogP contribution < -0.4 is 5.56 Å². The van der Waals surface area contributed by atoms with E-state index in [2.05, 4.69) is 4.98 Å². The molecule has 0 bridgehead atoms. The van der Waals surface area contributed by atoms with Crippen molar-refractivity contribution in [3.05, 3.63) is 44.3 Å². The van der Waals surface area contributed by atoms with Gasteiger partial charge in [-0.2, -0.15) is 0 Å². The van der Waals surface area contributed by atoms with Crippen LogP contribution in [-0.4, -0.2) is 22.1 Å². The van der Waals surface area contributed by atoms with Crippen LogP contribution in [0, 0.1) is 20.8 Å². The molecule has 0 aromatic carbocycles. The summed E-state index contributed by atoms with van der Waals surface area (Å²) in [6, 6.07) is 1.44. The molecule has 6 heteroatoms. The van der Waals surface area contributed by atoms with Crippen LogP contribution in [0.3, 0.4) is 0 Å². The minimum atomic E-state index is -0.412. The number of carbonyl (C=O) groups excluding carboxylic acids is 1. The minimum Gasteiger partial charge on any atom is -0.462 e. The maximum absolute atomic E-state index is 12.2. The number of nitrogens with zero attached hydrogens (tertiary/aromatic N) is 2. The number of hydrogen-bond acceptors (Lipinski definition) is 5. The molecule has 0 unspecified atom stereocenters. The fourth-order valence-electron chi connectivity index (χ4n) is 2.08. The number of aromatic nitrogens is 2. The molecular formula is C14H16N2O3S. The second kappa shape index (κ2) is 5.58. The third kappa shape index (κ3) is 2.51. The summed E-state index contributed by atoms with van der Waals surface area (Å²) in [6.07, 6.45) is 0. The van der Waals surface area contributed by atoms with Gasteiger partial charge in [0.15, 0.2) is 5.13 Å². The summed E-state index contributed by atoms with van der Waals surface area (Å²) >= 11 is 1.37. The summed E-state index contributed by atoms with van der Waals surface area (Å²) < 4.78 is 6.51. The van der Waals surface area contributed by atoms with Crippen molar-refractivity contribution in [3.63, 3.8) is 0 Å². The molecule has 20 heavy (non-hydrogen) atoms. The highest BCUT2D eigenvalue weighted by Crippen LogP contribution is 2.19. The third-order valence-corrected chi connectivity index (χ3v) is 3.87. The van der Waals surface area contributed by atoms with Crippen LogP contribution in [0.4, 0.5) is 0 Å². The Balaban J connectivity index is 2.67. The Morgan fingerprint density at radius 2 is 2.10 bits per heavy atom. The quantitative estimate of drug-likeness (QED) is 0.815. The maximum atomic E-state index is 12.2. The summed E-state index contributed by atoms with van der Waals surface area (Å²) in [7, 11) is 0. The highest BCUT2D eigenvalue weighted by atomic mass is 32.1. The van der Waals surface area contributed by atoms with Gasteiger partial charge in [-0.1, -0.05) is 0 Å². The van der Waals surface area contributed by atoms with Crippen molar-refractivity contribution in [2.24, 2.45) is 0 Å². The number of ether oxygens (including phenoxy) is 1. The van der Waals surface area contributed by atoms with Gasteiger partial charge in [-0.05, 0) is 33.3 Å². The Labute approximate surface area is 120 Å². The van der Waals surface area contributed by atoms with Crippen LogP contribution in [0.1, 0.15) is 34.2 Å². The first-order chi connectivity index (χ1) is 9.45. The van der Waals surface area contributed by atoms with Crippen molar-refractivity contribution >= 4 is 17.3 Å². The lowest BCUT2D eigenvalue weighted by Crippen LogP contribution is -2.24. The molecule has 0 radical (unpaired) electrons. The lowest BCUT2D eigenvalue weighted by molar-refractivity contribution is 0.0523. The van der Waals surface area contributed by atoms with E-state index in [0.29, 0.717) is 28.6 Å². The van der Waals surface area contributed by atoms with Crippen LogP contribution in [-0.2, 0) is 4.74 Å². The van der Waals surface area contributed by atoms with E-state index in [9.17, 15) is 9.59 Å².